The molecule has 0 unspecified atom stereocenters. The van der Waals surface area contributed by atoms with E-state index in [9.17, 15) is 14.7 Å². The van der Waals surface area contributed by atoms with Gasteiger partial charge in [0.25, 0.3) is 0 Å². The van der Waals surface area contributed by atoms with Gasteiger partial charge in [-0.1, -0.05) is 45.4 Å². The Balaban J connectivity index is 3.59. The van der Waals surface area contributed by atoms with Crippen LogP contribution >= 0.6 is 10.6 Å². The minimum Gasteiger partial charge on any atom is -0.135 e. The summed E-state index contributed by atoms with van der Waals surface area (Å²) in [6, 6.07) is 0. The maximum Gasteiger partial charge on any atom is 0.169 e. The van der Waals surface area contributed by atoms with Gasteiger partial charge in [-0.05, 0) is 6.42 Å². The van der Waals surface area contributed by atoms with Crippen molar-refractivity contribution in [2.45, 2.75) is 51.9 Å². The Kier molecular flexibility index (Phi) is 8.88. The van der Waals surface area contributed by atoms with Crippen LogP contribution in [0.3, 0.4) is 0 Å². The maximum atomic E-state index is 10.3. The number of nitrogens with zero attached hydrogens (tertiary/aromatic N) is 3. The van der Waals surface area contributed by atoms with Crippen molar-refractivity contribution in [1.29, 1.82) is 0 Å². The molecular weight excluding hydrogens is 230 g/mol. The highest BCUT2D eigenvalue weighted by molar-refractivity contribution is 8.30. The van der Waals surface area contributed by atoms with E-state index in [1.807, 2.05) is 0 Å². The van der Waals surface area contributed by atoms with Crippen molar-refractivity contribution in [1.82, 2.24) is 0 Å². The standard InChI is InChI=1S/C9H19N3O3S/c1-2-3-4-5-6-7-8-9-16(10-13,11-14)12-15/h2-9H2,1H3. The normalized spacial score (nSPS) is 12.1. The average molecular weight is 249 g/mol. The van der Waals surface area contributed by atoms with Crippen LogP contribution in [0, 0.1) is 14.7 Å². The number of rotatable bonds is 11. The minimum absolute atomic E-state index is 0.108. The Morgan fingerprint density at radius 2 is 1.19 bits per heavy atom. The molecule has 0 spiro atoms. The quantitative estimate of drug-likeness (QED) is 0.396. The zero-order chi connectivity index (χ0) is 12.3. The lowest BCUT2D eigenvalue weighted by atomic mass is 10.1. The van der Waals surface area contributed by atoms with Crippen LogP contribution < -0.4 is 0 Å². The molecule has 0 aromatic carbocycles. The Morgan fingerprint density at radius 3 is 1.62 bits per heavy atom. The van der Waals surface area contributed by atoms with Crippen LogP contribution in [-0.2, 0) is 0 Å². The molecule has 16 heavy (non-hydrogen) atoms. The smallest absolute Gasteiger partial charge is 0.135 e. The summed E-state index contributed by atoms with van der Waals surface area (Å²) >= 11 is 0. The molecule has 0 rings (SSSR count). The summed E-state index contributed by atoms with van der Waals surface area (Å²) in [6.45, 7) is 2.15. The summed E-state index contributed by atoms with van der Waals surface area (Å²) in [6.07, 6.45) is 7.34. The molecule has 0 fully saturated rings. The van der Waals surface area contributed by atoms with E-state index in [2.05, 4.69) is 20.7 Å². The first-order chi connectivity index (χ1) is 7.74. The second kappa shape index (κ2) is 9.38. The topological polar surface area (TPSA) is 88.3 Å². The lowest BCUT2D eigenvalue weighted by molar-refractivity contribution is 0.603. The molecule has 0 aromatic rings. The minimum atomic E-state index is -3.00. The van der Waals surface area contributed by atoms with Gasteiger partial charge in [0.2, 0.25) is 0 Å². The van der Waals surface area contributed by atoms with E-state index >= 15 is 0 Å². The molecule has 6 nitrogen and oxygen atoms in total. The van der Waals surface area contributed by atoms with Crippen LogP contribution in [0.4, 0.5) is 0 Å². The zero-order valence-electron chi connectivity index (χ0n) is 9.63. The van der Waals surface area contributed by atoms with Crippen molar-refractivity contribution in [3.63, 3.8) is 0 Å². The van der Waals surface area contributed by atoms with E-state index in [0.29, 0.717) is 6.42 Å². The lowest BCUT2D eigenvalue weighted by Crippen LogP contribution is -1.94. The highest BCUT2D eigenvalue weighted by Gasteiger charge is 2.27. The summed E-state index contributed by atoms with van der Waals surface area (Å²) in [5.41, 5.74) is 0. The van der Waals surface area contributed by atoms with Gasteiger partial charge in [0, 0.05) is 19.5 Å². The summed E-state index contributed by atoms with van der Waals surface area (Å²) in [5, 5.41) is 0. The first-order valence-corrected chi connectivity index (χ1v) is 7.26. The second-order valence-corrected chi connectivity index (χ2v) is 5.80. The van der Waals surface area contributed by atoms with Crippen molar-refractivity contribution in [3.05, 3.63) is 14.7 Å². The Morgan fingerprint density at radius 1 is 0.750 bits per heavy atom. The van der Waals surface area contributed by atoms with Crippen LogP contribution in [0.15, 0.2) is 13.7 Å². The van der Waals surface area contributed by atoms with Crippen molar-refractivity contribution in [3.8, 4) is 0 Å². The van der Waals surface area contributed by atoms with Gasteiger partial charge in [-0.3, -0.25) is 0 Å². The molecule has 0 amide bonds. The van der Waals surface area contributed by atoms with E-state index in [-0.39, 0.29) is 5.75 Å². The van der Waals surface area contributed by atoms with Crippen LogP contribution in [-0.4, -0.2) is 5.75 Å². The highest BCUT2D eigenvalue weighted by Crippen LogP contribution is 2.52. The van der Waals surface area contributed by atoms with E-state index < -0.39 is 10.6 Å². The third kappa shape index (κ3) is 5.89. The van der Waals surface area contributed by atoms with Crippen LogP contribution in [0.2, 0.25) is 0 Å². The molecule has 0 atom stereocenters. The van der Waals surface area contributed by atoms with Gasteiger partial charge in [-0.2, -0.15) is 0 Å². The number of nitroso groups, excluding NO2 is 3. The largest absolute Gasteiger partial charge is 0.169 e. The van der Waals surface area contributed by atoms with Crippen molar-refractivity contribution in [2.24, 2.45) is 13.7 Å². The predicted molar refractivity (Wildman–Crippen MR) is 67.8 cm³/mol. The van der Waals surface area contributed by atoms with Crippen LogP contribution in [0.5, 0.6) is 0 Å². The van der Waals surface area contributed by atoms with Crippen molar-refractivity contribution in [2.75, 3.05) is 5.75 Å². The van der Waals surface area contributed by atoms with Crippen LogP contribution in [0.25, 0.3) is 0 Å². The molecular formula is C9H19N3O3S. The molecule has 0 N–H and O–H groups in total. The Hall–Kier alpha value is -0.850. The van der Waals surface area contributed by atoms with Crippen molar-refractivity contribution < 1.29 is 0 Å². The third-order valence-electron chi connectivity index (χ3n) is 2.38. The van der Waals surface area contributed by atoms with Gasteiger partial charge < -0.3 is 0 Å². The third-order valence-corrected chi connectivity index (χ3v) is 3.93. The van der Waals surface area contributed by atoms with Gasteiger partial charge in [0.15, 0.2) is 10.6 Å². The van der Waals surface area contributed by atoms with Gasteiger partial charge in [0.1, 0.15) is 0 Å². The molecule has 0 saturated carbocycles. The fourth-order valence-corrected chi connectivity index (χ4v) is 2.30. The first-order valence-electron chi connectivity index (χ1n) is 5.59. The molecule has 0 aromatic heterocycles. The Bertz CT molecular complexity index is 204. The van der Waals surface area contributed by atoms with E-state index in [4.69, 9.17) is 0 Å². The van der Waals surface area contributed by atoms with Gasteiger partial charge in [-0.25, -0.2) is 0 Å². The van der Waals surface area contributed by atoms with E-state index in [1.165, 1.54) is 19.3 Å². The molecule has 0 heterocycles. The number of hydrogen-bond donors (Lipinski definition) is 0. The molecule has 0 radical (unpaired) electrons. The molecule has 0 bridgehead atoms. The fraction of sp³-hybridized carbons (Fsp3) is 1.00. The number of hydrogen-bond acceptors (Lipinski definition) is 6. The summed E-state index contributed by atoms with van der Waals surface area (Å²) in [7, 11) is -3.00. The predicted octanol–water partition coefficient (Wildman–Crippen LogP) is 4.59. The molecule has 0 aliphatic heterocycles. The van der Waals surface area contributed by atoms with Gasteiger partial charge in [0.05, 0.1) is 0 Å². The summed E-state index contributed by atoms with van der Waals surface area (Å²) in [5.74, 6) is 0.108. The SMILES string of the molecule is CCCCCCCCCS(N=O)(N=O)N=O. The molecule has 0 saturated heterocycles. The van der Waals surface area contributed by atoms with Gasteiger partial charge in [-0.15, -0.1) is 14.7 Å². The first kappa shape index (κ1) is 15.2. The molecule has 0 aliphatic rings. The average Bonchev–Trinajstić information content (AvgIpc) is 2.34. The van der Waals surface area contributed by atoms with Gasteiger partial charge >= 0.3 is 0 Å². The van der Waals surface area contributed by atoms with E-state index in [0.717, 1.165) is 19.3 Å². The number of unbranched alkanes of at least 4 members (excludes halogenated alkanes) is 6. The zero-order valence-corrected chi connectivity index (χ0v) is 10.4. The van der Waals surface area contributed by atoms with E-state index in [1.54, 1.807) is 0 Å². The molecule has 7 heteroatoms. The van der Waals surface area contributed by atoms with Crippen LogP contribution in [0.1, 0.15) is 51.9 Å². The Labute approximate surface area is 97.2 Å². The summed E-state index contributed by atoms with van der Waals surface area (Å²) < 4.78 is 7.44. The van der Waals surface area contributed by atoms with Crippen molar-refractivity contribution >= 4 is 10.6 Å². The maximum absolute atomic E-state index is 10.3. The highest BCUT2D eigenvalue weighted by atomic mass is 32.3. The lowest BCUT2D eigenvalue weighted by Gasteiger charge is -2.12. The monoisotopic (exact) mass is 249 g/mol. The fourth-order valence-electron chi connectivity index (χ4n) is 1.41. The molecule has 94 valence electrons. The summed E-state index contributed by atoms with van der Waals surface area (Å²) in [4.78, 5) is 30.9. The molecule has 0 aliphatic carbocycles. The second-order valence-electron chi connectivity index (χ2n) is 3.68.